The maximum Gasteiger partial charge on any atom is 0.230 e. The highest BCUT2D eigenvalue weighted by atomic mass is 35.5. The number of rotatable bonds is 5. The van der Waals surface area contributed by atoms with Gasteiger partial charge in [-0.2, -0.15) is 4.98 Å². The zero-order valence-corrected chi connectivity index (χ0v) is 17.5. The van der Waals surface area contributed by atoms with Gasteiger partial charge < -0.3 is 14.7 Å². The molecular weight excluding hydrogens is 416 g/mol. The van der Waals surface area contributed by atoms with Crippen molar-refractivity contribution in [2.24, 2.45) is 5.92 Å². The lowest BCUT2D eigenvalue weighted by molar-refractivity contribution is -0.122. The molecule has 1 aromatic heterocycles. The van der Waals surface area contributed by atoms with E-state index in [2.05, 4.69) is 15.5 Å². The Labute approximate surface area is 184 Å². The van der Waals surface area contributed by atoms with Crippen LogP contribution in [0.1, 0.15) is 37.5 Å². The van der Waals surface area contributed by atoms with Crippen molar-refractivity contribution in [3.05, 3.63) is 59.4 Å². The van der Waals surface area contributed by atoms with Gasteiger partial charge in [0.2, 0.25) is 23.5 Å². The van der Waals surface area contributed by atoms with Gasteiger partial charge in [0.25, 0.3) is 0 Å². The Balaban J connectivity index is 1.30. The normalized spacial score (nSPS) is 18.8. The summed E-state index contributed by atoms with van der Waals surface area (Å²) < 4.78 is 5.42. The average Bonchev–Trinajstić information content (AvgIpc) is 3.34. The zero-order chi connectivity index (χ0) is 21.4. The molecule has 1 aliphatic carbocycles. The Bertz CT molecular complexity index is 1140. The monoisotopic (exact) mass is 436 g/mol. The van der Waals surface area contributed by atoms with Gasteiger partial charge in [0, 0.05) is 40.8 Å². The van der Waals surface area contributed by atoms with Crippen LogP contribution in [0.25, 0.3) is 11.4 Å². The largest absolute Gasteiger partial charge is 0.339 e. The van der Waals surface area contributed by atoms with E-state index in [9.17, 15) is 9.59 Å². The van der Waals surface area contributed by atoms with Gasteiger partial charge in [-0.05, 0) is 43.2 Å². The molecule has 2 amide bonds. The number of benzene rings is 2. The summed E-state index contributed by atoms with van der Waals surface area (Å²) in [6.45, 7) is 0.314. The first kappa shape index (κ1) is 19.8. The predicted molar refractivity (Wildman–Crippen MR) is 117 cm³/mol. The van der Waals surface area contributed by atoms with Crippen LogP contribution in [-0.2, 0) is 9.59 Å². The maximum atomic E-state index is 12.7. The summed E-state index contributed by atoms with van der Waals surface area (Å²) in [5.41, 5.74) is 2.12. The second-order valence-electron chi connectivity index (χ2n) is 8.04. The summed E-state index contributed by atoms with van der Waals surface area (Å²) in [4.78, 5) is 31.5. The third-order valence-electron chi connectivity index (χ3n) is 5.90. The van der Waals surface area contributed by atoms with Crippen molar-refractivity contribution in [2.75, 3.05) is 16.8 Å². The van der Waals surface area contributed by atoms with Crippen LogP contribution in [0.3, 0.4) is 0 Å². The number of nitrogens with one attached hydrogen (secondary N) is 1. The molecule has 1 N–H and O–H groups in total. The molecule has 0 bridgehead atoms. The number of anilines is 2. The minimum Gasteiger partial charge on any atom is -0.339 e. The van der Waals surface area contributed by atoms with Crippen LogP contribution >= 0.6 is 11.6 Å². The molecule has 8 heteroatoms. The molecule has 31 heavy (non-hydrogen) atoms. The molecule has 5 rings (SSSR count). The summed E-state index contributed by atoms with van der Waals surface area (Å²) in [6, 6.07) is 14.4. The summed E-state index contributed by atoms with van der Waals surface area (Å²) >= 11 is 5.98. The predicted octanol–water partition coefficient (Wildman–Crippen LogP) is 4.65. The highest BCUT2D eigenvalue weighted by Gasteiger charge is 2.35. The van der Waals surface area contributed by atoms with E-state index in [-0.39, 0.29) is 18.2 Å². The molecule has 7 nitrogen and oxygen atoms in total. The highest BCUT2D eigenvalue weighted by molar-refractivity contribution is 6.30. The molecule has 158 valence electrons. The lowest BCUT2D eigenvalue weighted by atomic mass is 9.85. The van der Waals surface area contributed by atoms with Crippen LogP contribution in [0.15, 0.2) is 53.1 Å². The number of amides is 2. The number of aromatic nitrogens is 2. The third kappa shape index (κ3) is 4.05. The molecule has 1 aliphatic heterocycles. The fourth-order valence-electron chi connectivity index (χ4n) is 3.93. The van der Waals surface area contributed by atoms with Crippen LogP contribution in [0.2, 0.25) is 5.02 Å². The van der Waals surface area contributed by atoms with Crippen molar-refractivity contribution in [3.8, 4) is 11.4 Å². The number of carbonyl (C=O) groups is 2. The number of hydrogen-bond donors (Lipinski definition) is 1. The van der Waals surface area contributed by atoms with E-state index in [1.807, 2.05) is 24.3 Å². The Morgan fingerprint density at radius 1 is 1.16 bits per heavy atom. The van der Waals surface area contributed by atoms with Gasteiger partial charge in [0.05, 0.1) is 5.92 Å². The first-order valence-corrected chi connectivity index (χ1v) is 10.8. The van der Waals surface area contributed by atoms with E-state index < -0.39 is 5.92 Å². The number of nitrogens with zero attached hydrogens (tertiary/aromatic N) is 3. The molecule has 2 aromatic carbocycles. The second kappa shape index (κ2) is 8.15. The lowest BCUT2D eigenvalue weighted by Gasteiger charge is -2.20. The highest BCUT2D eigenvalue weighted by Crippen LogP contribution is 2.36. The minimum absolute atomic E-state index is 0.0911. The lowest BCUT2D eigenvalue weighted by Crippen LogP contribution is -2.28. The van der Waals surface area contributed by atoms with Crippen molar-refractivity contribution in [1.29, 1.82) is 0 Å². The van der Waals surface area contributed by atoms with Crippen LogP contribution in [0.4, 0.5) is 11.4 Å². The number of carbonyl (C=O) groups excluding carboxylic acids is 2. The molecule has 2 aliphatic rings. The van der Waals surface area contributed by atoms with Gasteiger partial charge in [-0.3, -0.25) is 9.59 Å². The van der Waals surface area contributed by atoms with Crippen molar-refractivity contribution in [2.45, 2.75) is 31.6 Å². The summed E-state index contributed by atoms with van der Waals surface area (Å²) in [7, 11) is 0. The fourth-order valence-corrected chi connectivity index (χ4v) is 4.12. The first-order chi connectivity index (χ1) is 15.1. The van der Waals surface area contributed by atoms with Crippen LogP contribution in [-0.4, -0.2) is 28.5 Å². The molecule has 2 fully saturated rings. The van der Waals surface area contributed by atoms with Gasteiger partial charge in [-0.15, -0.1) is 0 Å². The number of hydrogen-bond acceptors (Lipinski definition) is 5. The maximum absolute atomic E-state index is 12.7. The molecule has 0 spiro atoms. The fraction of sp³-hybridized carbons (Fsp3) is 0.304. The van der Waals surface area contributed by atoms with E-state index >= 15 is 0 Å². The quantitative estimate of drug-likeness (QED) is 0.629. The minimum atomic E-state index is -0.439. The molecule has 0 radical (unpaired) electrons. The average molecular weight is 437 g/mol. The van der Waals surface area contributed by atoms with Crippen molar-refractivity contribution in [1.82, 2.24) is 10.1 Å². The summed E-state index contributed by atoms with van der Waals surface area (Å²) in [6.07, 6.45) is 3.52. The SMILES string of the molecule is O=C(Nc1cccc(Cl)c1)C1CC(=O)N(c2cccc(-c3noc(C4CCC4)n3)c2)C1. The van der Waals surface area contributed by atoms with E-state index in [0.29, 0.717) is 34.9 Å². The van der Waals surface area contributed by atoms with Crippen LogP contribution in [0, 0.1) is 5.92 Å². The molecule has 1 atom stereocenters. The van der Waals surface area contributed by atoms with E-state index in [1.54, 1.807) is 29.2 Å². The van der Waals surface area contributed by atoms with Crippen molar-refractivity contribution in [3.63, 3.8) is 0 Å². The zero-order valence-electron chi connectivity index (χ0n) is 16.8. The first-order valence-electron chi connectivity index (χ1n) is 10.4. The van der Waals surface area contributed by atoms with Crippen LogP contribution in [0.5, 0.6) is 0 Å². The Hall–Kier alpha value is -3.19. The summed E-state index contributed by atoms with van der Waals surface area (Å²) in [5, 5.41) is 7.50. The van der Waals surface area contributed by atoms with Crippen LogP contribution < -0.4 is 10.2 Å². The Morgan fingerprint density at radius 2 is 2.00 bits per heavy atom. The van der Waals surface area contributed by atoms with Crippen molar-refractivity contribution < 1.29 is 14.1 Å². The molecule has 1 saturated heterocycles. The van der Waals surface area contributed by atoms with Gasteiger partial charge in [-0.25, -0.2) is 0 Å². The Morgan fingerprint density at radius 3 is 2.77 bits per heavy atom. The van der Waals surface area contributed by atoms with Gasteiger partial charge in [0.15, 0.2) is 0 Å². The molecule has 3 aromatic rings. The molecule has 2 heterocycles. The molecule has 1 saturated carbocycles. The topological polar surface area (TPSA) is 88.3 Å². The summed E-state index contributed by atoms with van der Waals surface area (Å²) in [5.74, 6) is 0.838. The molecule has 1 unspecified atom stereocenters. The second-order valence-corrected chi connectivity index (χ2v) is 8.48. The van der Waals surface area contributed by atoms with Gasteiger partial charge in [-0.1, -0.05) is 41.4 Å². The van der Waals surface area contributed by atoms with Gasteiger partial charge in [0.1, 0.15) is 0 Å². The van der Waals surface area contributed by atoms with E-state index in [1.165, 1.54) is 6.42 Å². The Kier molecular flexibility index (Phi) is 5.19. The van der Waals surface area contributed by atoms with E-state index in [4.69, 9.17) is 16.1 Å². The number of halogens is 1. The van der Waals surface area contributed by atoms with Crippen molar-refractivity contribution >= 4 is 34.8 Å². The standard InChI is InChI=1S/C23H21ClN4O3/c24-17-7-3-8-18(12-17)25-22(30)16-11-20(29)28(13-16)19-9-2-6-15(10-19)21-26-23(31-27-21)14-4-1-5-14/h2-3,6-10,12,14,16H,1,4-5,11,13H2,(H,25,30). The molecular formula is C23H21ClN4O3. The van der Waals surface area contributed by atoms with E-state index in [0.717, 1.165) is 24.1 Å². The smallest absolute Gasteiger partial charge is 0.230 e. The third-order valence-corrected chi connectivity index (χ3v) is 6.14. The van der Waals surface area contributed by atoms with Gasteiger partial charge >= 0.3 is 0 Å².